The largest absolute Gasteiger partial charge is 0.382 e. The van der Waals surface area contributed by atoms with Crippen LogP contribution in [0, 0.1) is 5.92 Å². The molecule has 11 heavy (non-hydrogen) atoms. The quantitative estimate of drug-likeness (QED) is 0.607. The Hall–Kier alpha value is -0.570. The van der Waals surface area contributed by atoms with Crippen LogP contribution < -0.4 is 5.32 Å². The second kappa shape index (κ2) is 2.81. The smallest absolute Gasteiger partial charge is 0.222 e. The minimum atomic E-state index is -0.0775. The summed E-state index contributed by atoms with van der Waals surface area (Å²) in [7, 11) is 1.66. The molecular formula is C8H15NO2. The molecule has 3 nitrogen and oxygen atoms in total. The van der Waals surface area contributed by atoms with Crippen LogP contribution in [0.25, 0.3) is 0 Å². The van der Waals surface area contributed by atoms with E-state index in [1.54, 1.807) is 7.11 Å². The van der Waals surface area contributed by atoms with E-state index in [0.29, 0.717) is 18.9 Å². The lowest BCUT2D eigenvalue weighted by atomic mass is 9.78. The van der Waals surface area contributed by atoms with E-state index in [0.717, 1.165) is 0 Å². The Labute approximate surface area is 67.1 Å². The molecule has 0 radical (unpaired) electrons. The van der Waals surface area contributed by atoms with Gasteiger partial charge in [-0.05, 0) is 5.92 Å². The van der Waals surface area contributed by atoms with Crippen molar-refractivity contribution in [1.82, 2.24) is 5.32 Å². The maximum Gasteiger partial charge on any atom is 0.222 e. The van der Waals surface area contributed by atoms with E-state index in [9.17, 15) is 4.79 Å². The predicted molar refractivity (Wildman–Crippen MR) is 42.2 cm³/mol. The third kappa shape index (κ3) is 1.38. The number of amides is 1. The van der Waals surface area contributed by atoms with Gasteiger partial charge in [0.05, 0.1) is 18.6 Å². The molecule has 0 aromatic rings. The Balaban J connectivity index is 2.53. The maximum absolute atomic E-state index is 10.7. The molecule has 1 atom stereocenters. The number of rotatable bonds is 3. The van der Waals surface area contributed by atoms with E-state index in [-0.39, 0.29) is 11.4 Å². The van der Waals surface area contributed by atoms with Crippen LogP contribution in [0.2, 0.25) is 0 Å². The lowest BCUT2D eigenvalue weighted by molar-refractivity contribution is -0.137. The second-order valence-corrected chi connectivity index (χ2v) is 3.47. The van der Waals surface area contributed by atoms with E-state index in [1.165, 1.54) is 0 Å². The van der Waals surface area contributed by atoms with E-state index >= 15 is 0 Å². The monoisotopic (exact) mass is 157 g/mol. The molecule has 64 valence electrons. The molecule has 1 heterocycles. The number of methoxy groups -OCH3 is 1. The molecule has 1 rings (SSSR count). The molecule has 0 aromatic carbocycles. The van der Waals surface area contributed by atoms with Crippen molar-refractivity contribution in [1.29, 1.82) is 0 Å². The Morgan fingerprint density at radius 2 is 2.27 bits per heavy atom. The highest BCUT2D eigenvalue weighted by atomic mass is 16.5. The van der Waals surface area contributed by atoms with Crippen molar-refractivity contribution < 1.29 is 9.53 Å². The van der Waals surface area contributed by atoms with Crippen molar-refractivity contribution in [3.63, 3.8) is 0 Å². The van der Waals surface area contributed by atoms with Gasteiger partial charge in [0.1, 0.15) is 0 Å². The highest BCUT2D eigenvalue weighted by Crippen LogP contribution is 2.28. The zero-order valence-corrected chi connectivity index (χ0v) is 7.31. The van der Waals surface area contributed by atoms with Crippen LogP contribution in [-0.2, 0) is 9.53 Å². The number of carbonyl (C=O) groups excluding carboxylic acids is 1. The number of hydrogen-bond acceptors (Lipinski definition) is 2. The van der Waals surface area contributed by atoms with Gasteiger partial charge in [0.2, 0.25) is 5.91 Å². The number of hydrogen-bond donors (Lipinski definition) is 1. The first-order valence-electron chi connectivity index (χ1n) is 3.91. The summed E-state index contributed by atoms with van der Waals surface area (Å²) in [5.74, 6) is 0.580. The number of β-lactam (4-membered cyclic amide) rings is 1. The minimum absolute atomic E-state index is 0.0775. The molecule has 0 bridgehead atoms. The SMILES string of the molecule is COCC1(C(C)C)CC(=O)N1. The summed E-state index contributed by atoms with van der Waals surface area (Å²) in [6.07, 6.45) is 0.610. The second-order valence-electron chi connectivity index (χ2n) is 3.47. The van der Waals surface area contributed by atoms with Crippen LogP contribution in [0.4, 0.5) is 0 Å². The summed E-state index contributed by atoms with van der Waals surface area (Å²) >= 11 is 0. The summed E-state index contributed by atoms with van der Waals surface area (Å²) in [4.78, 5) is 10.7. The average molecular weight is 157 g/mol. The van der Waals surface area contributed by atoms with Crippen LogP contribution in [0.1, 0.15) is 20.3 Å². The standard InChI is InChI=1S/C8H15NO2/c1-6(2)8(5-11-3)4-7(10)9-8/h6H,4-5H2,1-3H3,(H,9,10). The Kier molecular flexibility index (Phi) is 2.18. The zero-order valence-electron chi connectivity index (χ0n) is 7.31. The first-order chi connectivity index (χ1) is 5.10. The molecule has 1 unspecified atom stereocenters. The van der Waals surface area contributed by atoms with Crippen molar-refractivity contribution in [2.45, 2.75) is 25.8 Å². The summed E-state index contributed by atoms with van der Waals surface area (Å²) in [6, 6.07) is 0. The zero-order chi connectivity index (χ0) is 8.48. The van der Waals surface area contributed by atoms with Gasteiger partial charge < -0.3 is 10.1 Å². The predicted octanol–water partition coefficient (Wildman–Crippen LogP) is 0.548. The summed E-state index contributed by atoms with van der Waals surface area (Å²) in [6.45, 7) is 4.81. The van der Waals surface area contributed by atoms with Crippen molar-refractivity contribution in [2.75, 3.05) is 13.7 Å². The number of nitrogens with one attached hydrogen (secondary N) is 1. The fraction of sp³-hybridized carbons (Fsp3) is 0.875. The van der Waals surface area contributed by atoms with E-state index < -0.39 is 0 Å². The highest BCUT2D eigenvalue weighted by Gasteiger charge is 2.45. The molecule has 0 spiro atoms. The van der Waals surface area contributed by atoms with Gasteiger partial charge in [-0.3, -0.25) is 4.79 Å². The lowest BCUT2D eigenvalue weighted by Gasteiger charge is -2.45. The van der Waals surface area contributed by atoms with Crippen LogP contribution >= 0.6 is 0 Å². The van der Waals surface area contributed by atoms with E-state index in [1.807, 2.05) is 0 Å². The average Bonchev–Trinajstić information content (AvgIpc) is 1.84. The van der Waals surface area contributed by atoms with Crippen LogP contribution in [0.15, 0.2) is 0 Å². The van der Waals surface area contributed by atoms with Crippen molar-refractivity contribution in [3.05, 3.63) is 0 Å². The molecule has 3 heteroatoms. The summed E-state index contributed by atoms with van der Waals surface area (Å²) in [5.41, 5.74) is -0.0775. The van der Waals surface area contributed by atoms with Crippen molar-refractivity contribution in [2.24, 2.45) is 5.92 Å². The van der Waals surface area contributed by atoms with Gasteiger partial charge in [0, 0.05) is 7.11 Å². The maximum atomic E-state index is 10.7. The van der Waals surface area contributed by atoms with Gasteiger partial charge in [-0.15, -0.1) is 0 Å². The van der Waals surface area contributed by atoms with Crippen LogP contribution in [0.3, 0.4) is 0 Å². The number of carbonyl (C=O) groups is 1. The molecule has 1 amide bonds. The van der Waals surface area contributed by atoms with Gasteiger partial charge in [-0.25, -0.2) is 0 Å². The summed E-state index contributed by atoms with van der Waals surface area (Å²) < 4.78 is 5.04. The lowest BCUT2D eigenvalue weighted by Crippen LogP contribution is -2.66. The van der Waals surface area contributed by atoms with E-state index in [2.05, 4.69) is 19.2 Å². The molecule has 1 aliphatic heterocycles. The topological polar surface area (TPSA) is 38.3 Å². The molecule has 0 saturated carbocycles. The van der Waals surface area contributed by atoms with Crippen LogP contribution in [0.5, 0.6) is 0 Å². The third-order valence-corrected chi connectivity index (χ3v) is 2.37. The van der Waals surface area contributed by atoms with Gasteiger partial charge >= 0.3 is 0 Å². The van der Waals surface area contributed by atoms with Gasteiger partial charge in [-0.1, -0.05) is 13.8 Å². The normalized spacial score (nSPS) is 30.0. The Morgan fingerprint density at radius 1 is 1.73 bits per heavy atom. The molecule has 0 aliphatic carbocycles. The third-order valence-electron chi connectivity index (χ3n) is 2.37. The first-order valence-corrected chi connectivity index (χ1v) is 3.91. The minimum Gasteiger partial charge on any atom is -0.382 e. The van der Waals surface area contributed by atoms with Gasteiger partial charge in [0.25, 0.3) is 0 Å². The summed E-state index contributed by atoms with van der Waals surface area (Å²) in [5, 5.41) is 2.89. The fourth-order valence-corrected chi connectivity index (χ4v) is 1.41. The molecule has 0 aromatic heterocycles. The van der Waals surface area contributed by atoms with Gasteiger partial charge in [-0.2, -0.15) is 0 Å². The molecule has 1 aliphatic rings. The Bertz CT molecular complexity index is 157. The number of ether oxygens (including phenoxy) is 1. The molecule has 1 fully saturated rings. The first kappa shape index (κ1) is 8.53. The molecular weight excluding hydrogens is 142 g/mol. The highest BCUT2D eigenvalue weighted by molar-refractivity contribution is 5.84. The van der Waals surface area contributed by atoms with E-state index in [4.69, 9.17) is 4.74 Å². The fourth-order valence-electron chi connectivity index (χ4n) is 1.41. The van der Waals surface area contributed by atoms with Gasteiger partial charge in [0.15, 0.2) is 0 Å². The van der Waals surface area contributed by atoms with Crippen molar-refractivity contribution in [3.8, 4) is 0 Å². The van der Waals surface area contributed by atoms with Crippen LogP contribution in [-0.4, -0.2) is 25.2 Å². The van der Waals surface area contributed by atoms with Crippen molar-refractivity contribution >= 4 is 5.91 Å². The Morgan fingerprint density at radius 3 is 2.55 bits per heavy atom. The molecule has 1 N–H and O–H groups in total. The molecule has 1 saturated heterocycles.